The average Bonchev–Trinajstić information content (AvgIpc) is 2.30. The Morgan fingerprint density at radius 1 is 1.17 bits per heavy atom. The molecule has 0 aliphatic heterocycles. The van der Waals surface area contributed by atoms with Gasteiger partial charge in [-0.25, -0.2) is 8.42 Å². The second kappa shape index (κ2) is 5.86. The van der Waals surface area contributed by atoms with Gasteiger partial charge in [-0.1, -0.05) is 0 Å². The van der Waals surface area contributed by atoms with Gasteiger partial charge in [0, 0.05) is 18.8 Å². The van der Waals surface area contributed by atoms with Crippen molar-refractivity contribution >= 4 is 21.4 Å². The van der Waals surface area contributed by atoms with Crippen LogP contribution in [0.2, 0.25) is 0 Å². The van der Waals surface area contributed by atoms with Gasteiger partial charge >= 0.3 is 0 Å². The first-order valence-corrected chi connectivity index (χ1v) is 7.42. The molecule has 1 rings (SSSR count). The molecule has 100 valence electrons. The fourth-order valence-electron chi connectivity index (χ4n) is 1.59. The molecule has 0 heterocycles. The van der Waals surface area contributed by atoms with Gasteiger partial charge in [0.15, 0.2) is 9.84 Å². The van der Waals surface area contributed by atoms with E-state index in [0.29, 0.717) is 18.8 Å². The van der Waals surface area contributed by atoms with Crippen molar-refractivity contribution in [2.45, 2.75) is 18.7 Å². The lowest BCUT2D eigenvalue weighted by Gasteiger charge is -2.18. The summed E-state index contributed by atoms with van der Waals surface area (Å²) in [7, 11) is -3.59. The molecule has 5 nitrogen and oxygen atoms in total. The smallest absolute Gasteiger partial charge is 0.238 e. The summed E-state index contributed by atoms with van der Waals surface area (Å²) in [6.07, 6.45) is 0. The minimum absolute atomic E-state index is 0.122. The molecule has 0 unspecified atom stereocenters. The molecule has 6 heteroatoms. The molecular weight excluding hydrogens is 252 g/mol. The molecule has 0 aromatic heterocycles. The summed E-state index contributed by atoms with van der Waals surface area (Å²) in [4.78, 5) is 13.4. The van der Waals surface area contributed by atoms with Crippen LogP contribution in [0, 0.1) is 0 Å². The van der Waals surface area contributed by atoms with Crippen molar-refractivity contribution in [3.63, 3.8) is 0 Å². The van der Waals surface area contributed by atoms with Gasteiger partial charge in [-0.3, -0.25) is 4.79 Å². The van der Waals surface area contributed by atoms with Crippen LogP contribution < -0.4 is 5.73 Å². The Morgan fingerprint density at radius 3 is 2.11 bits per heavy atom. The molecule has 0 radical (unpaired) electrons. The Bertz CT molecular complexity index is 505. The van der Waals surface area contributed by atoms with E-state index >= 15 is 0 Å². The monoisotopic (exact) mass is 270 g/mol. The molecule has 0 saturated heterocycles. The minimum atomic E-state index is -3.59. The van der Waals surface area contributed by atoms with Crippen molar-refractivity contribution < 1.29 is 13.2 Å². The number of nitrogens with zero attached hydrogens (tertiary/aromatic N) is 1. The highest BCUT2D eigenvalue weighted by atomic mass is 32.2. The lowest BCUT2D eigenvalue weighted by atomic mass is 10.3. The van der Waals surface area contributed by atoms with Crippen molar-refractivity contribution in [1.82, 2.24) is 4.90 Å². The van der Waals surface area contributed by atoms with Gasteiger partial charge in [0.05, 0.1) is 4.90 Å². The summed E-state index contributed by atoms with van der Waals surface area (Å²) < 4.78 is 24.0. The molecule has 18 heavy (non-hydrogen) atoms. The van der Waals surface area contributed by atoms with E-state index in [2.05, 4.69) is 0 Å². The summed E-state index contributed by atoms with van der Waals surface area (Å²) >= 11 is 0. The summed E-state index contributed by atoms with van der Waals surface area (Å²) in [5.41, 5.74) is 5.98. The van der Waals surface area contributed by atoms with Crippen molar-refractivity contribution in [1.29, 1.82) is 0 Å². The molecule has 0 bridgehead atoms. The van der Waals surface area contributed by atoms with E-state index in [-0.39, 0.29) is 10.8 Å². The van der Waals surface area contributed by atoms with Crippen LogP contribution in [-0.2, 0) is 14.6 Å². The third-order valence-corrected chi connectivity index (χ3v) is 4.29. The lowest BCUT2D eigenvalue weighted by molar-refractivity contribution is -0.128. The molecule has 0 aliphatic carbocycles. The zero-order chi connectivity index (χ0) is 13.8. The van der Waals surface area contributed by atoms with Crippen LogP contribution in [0.15, 0.2) is 29.2 Å². The van der Waals surface area contributed by atoms with Gasteiger partial charge in [-0.05, 0) is 38.1 Å². The Kier molecular flexibility index (Phi) is 4.72. The van der Waals surface area contributed by atoms with Crippen LogP contribution in [0.25, 0.3) is 0 Å². The highest BCUT2D eigenvalue weighted by molar-refractivity contribution is 7.92. The van der Waals surface area contributed by atoms with E-state index in [1.807, 2.05) is 13.8 Å². The maximum atomic E-state index is 12.0. The Hall–Kier alpha value is -1.56. The molecule has 2 N–H and O–H groups in total. The Balaban J connectivity index is 2.89. The van der Waals surface area contributed by atoms with E-state index in [0.717, 1.165) is 0 Å². The first kappa shape index (κ1) is 14.5. The van der Waals surface area contributed by atoms with E-state index in [9.17, 15) is 13.2 Å². The normalized spacial score (nSPS) is 11.2. The number of carbonyl (C=O) groups is 1. The quantitative estimate of drug-likeness (QED) is 0.806. The fourth-order valence-corrected chi connectivity index (χ4v) is 2.81. The van der Waals surface area contributed by atoms with Crippen LogP contribution in [-0.4, -0.2) is 38.1 Å². The van der Waals surface area contributed by atoms with Crippen molar-refractivity contribution in [3.05, 3.63) is 24.3 Å². The number of hydrogen-bond donors (Lipinski definition) is 1. The Morgan fingerprint density at radius 2 is 1.67 bits per heavy atom. The first-order chi connectivity index (χ1) is 8.40. The van der Waals surface area contributed by atoms with Crippen LogP contribution in [0.5, 0.6) is 0 Å². The average molecular weight is 270 g/mol. The zero-order valence-corrected chi connectivity index (χ0v) is 11.4. The van der Waals surface area contributed by atoms with Crippen molar-refractivity contribution in [2.75, 3.05) is 24.6 Å². The molecule has 0 aliphatic rings. The third-order valence-electron chi connectivity index (χ3n) is 2.67. The third kappa shape index (κ3) is 3.46. The number of benzene rings is 1. The molecule has 1 amide bonds. The maximum absolute atomic E-state index is 12.0. The van der Waals surface area contributed by atoms with Crippen LogP contribution in [0.1, 0.15) is 13.8 Å². The van der Waals surface area contributed by atoms with Gasteiger partial charge in [0.25, 0.3) is 0 Å². The molecular formula is C12H18N2O3S. The summed E-state index contributed by atoms with van der Waals surface area (Å²) in [5, 5.41) is 0. The first-order valence-electron chi connectivity index (χ1n) is 5.76. The second-order valence-corrected chi connectivity index (χ2v) is 5.88. The van der Waals surface area contributed by atoms with Gasteiger partial charge in [0.1, 0.15) is 5.75 Å². The summed E-state index contributed by atoms with van der Waals surface area (Å²) in [6, 6.07) is 5.85. The molecule has 1 aromatic carbocycles. The van der Waals surface area contributed by atoms with Crippen molar-refractivity contribution in [3.8, 4) is 0 Å². The SMILES string of the molecule is CCN(CC)C(=O)CS(=O)(=O)c1ccc(N)cc1. The molecule has 0 saturated carbocycles. The van der Waals surface area contributed by atoms with Crippen LogP contribution >= 0.6 is 0 Å². The summed E-state index contributed by atoms with van der Waals surface area (Å²) in [5.74, 6) is -0.879. The molecule has 0 spiro atoms. The van der Waals surface area contributed by atoms with Crippen molar-refractivity contribution in [2.24, 2.45) is 0 Å². The van der Waals surface area contributed by atoms with Crippen LogP contribution in [0.3, 0.4) is 0 Å². The van der Waals surface area contributed by atoms with E-state index in [4.69, 9.17) is 5.73 Å². The Labute approximate surface area is 108 Å². The fraction of sp³-hybridized carbons (Fsp3) is 0.417. The number of nitrogens with two attached hydrogens (primary N) is 1. The molecule has 1 aromatic rings. The number of anilines is 1. The molecule has 0 atom stereocenters. The number of amides is 1. The van der Waals surface area contributed by atoms with Gasteiger partial charge in [-0.2, -0.15) is 0 Å². The maximum Gasteiger partial charge on any atom is 0.238 e. The van der Waals surface area contributed by atoms with E-state index in [1.54, 1.807) is 0 Å². The lowest BCUT2D eigenvalue weighted by Crippen LogP contribution is -2.35. The number of rotatable bonds is 5. The number of carbonyl (C=O) groups excluding carboxylic acids is 1. The van der Waals surface area contributed by atoms with E-state index in [1.165, 1.54) is 29.2 Å². The van der Waals surface area contributed by atoms with E-state index < -0.39 is 15.6 Å². The van der Waals surface area contributed by atoms with Crippen LogP contribution in [0.4, 0.5) is 5.69 Å². The van der Waals surface area contributed by atoms with Gasteiger partial charge in [0.2, 0.25) is 5.91 Å². The minimum Gasteiger partial charge on any atom is -0.399 e. The summed E-state index contributed by atoms with van der Waals surface area (Å²) in [6.45, 7) is 4.65. The number of sulfone groups is 1. The second-order valence-electron chi connectivity index (χ2n) is 3.89. The predicted octanol–water partition coefficient (Wildman–Crippen LogP) is 0.911. The largest absolute Gasteiger partial charge is 0.399 e. The zero-order valence-electron chi connectivity index (χ0n) is 10.6. The standard InChI is InChI=1S/C12H18N2O3S/c1-3-14(4-2)12(15)9-18(16,17)11-7-5-10(13)6-8-11/h5-8H,3-4,9,13H2,1-2H3. The highest BCUT2D eigenvalue weighted by Crippen LogP contribution is 2.14. The number of nitrogen functional groups attached to an aromatic ring is 1. The number of hydrogen-bond acceptors (Lipinski definition) is 4. The molecule has 0 fully saturated rings. The topological polar surface area (TPSA) is 80.5 Å². The highest BCUT2D eigenvalue weighted by Gasteiger charge is 2.21. The van der Waals surface area contributed by atoms with Gasteiger partial charge in [-0.15, -0.1) is 0 Å². The van der Waals surface area contributed by atoms with Gasteiger partial charge < -0.3 is 10.6 Å². The predicted molar refractivity (Wildman–Crippen MR) is 70.8 cm³/mol.